The van der Waals surface area contributed by atoms with Crippen molar-refractivity contribution in [3.05, 3.63) is 71.3 Å². The molecule has 0 saturated carbocycles. The molecule has 38 heavy (non-hydrogen) atoms. The van der Waals surface area contributed by atoms with Crippen LogP contribution in [-0.2, 0) is 42.7 Å². The standard InChI is InChI=1S/C32H49O5P/c1-10-31(5,6)37-24-32(7,23-36-28(33)30(2,3)4)29(34)35-20-25-16-18-27(19-17-25)22-38(8,9)21-26-14-12-11-13-15-26/h11-19,38H,10,20-24H2,1-9H3. The van der Waals surface area contributed by atoms with Crippen LogP contribution in [0.1, 0.15) is 71.6 Å². The van der Waals surface area contributed by atoms with E-state index in [1.807, 2.05) is 32.9 Å². The van der Waals surface area contributed by atoms with Gasteiger partial charge >= 0.3 is 173 Å². The van der Waals surface area contributed by atoms with E-state index in [-0.39, 0.29) is 25.8 Å². The van der Waals surface area contributed by atoms with E-state index in [4.69, 9.17) is 14.2 Å². The summed E-state index contributed by atoms with van der Waals surface area (Å²) in [5.41, 5.74) is 1.46. The number of hydrogen-bond donors (Lipinski definition) is 0. The summed E-state index contributed by atoms with van der Waals surface area (Å²) in [6, 6.07) is 19.0. The monoisotopic (exact) mass is 544 g/mol. The zero-order valence-electron chi connectivity index (χ0n) is 25.0. The van der Waals surface area contributed by atoms with Gasteiger partial charge < -0.3 is 0 Å². The molecule has 0 fully saturated rings. The molecule has 2 rings (SSSR count). The second-order valence-corrected chi connectivity index (χ2v) is 18.2. The van der Waals surface area contributed by atoms with Gasteiger partial charge in [0.05, 0.1) is 5.41 Å². The number of rotatable bonds is 13. The third kappa shape index (κ3) is 10.5. The summed E-state index contributed by atoms with van der Waals surface area (Å²) in [7, 11) is -1.46. The maximum atomic E-state index is 13.2. The fraction of sp³-hybridized carbons (Fsp3) is 0.562. The van der Waals surface area contributed by atoms with Gasteiger partial charge in [-0.1, -0.05) is 6.92 Å². The van der Waals surface area contributed by atoms with Crippen LogP contribution < -0.4 is 0 Å². The SMILES string of the molecule is CCC(C)(C)OCC(C)(COC(=O)C(C)(C)C)C(=O)OCc1ccc(C[PH](C)(C)Cc2ccccc2)cc1. The van der Waals surface area contributed by atoms with Crippen LogP contribution in [0.3, 0.4) is 0 Å². The van der Waals surface area contributed by atoms with Crippen LogP contribution in [0, 0.1) is 10.8 Å². The number of hydrogen-bond acceptors (Lipinski definition) is 5. The van der Waals surface area contributed by atoms with Crippen molar-refractivity contribution in [2.75, 3.05) is 26.5 Å². The van der Waals surface area contributed by atoms with Gasteiger partial charge in [-0.05, 0) is 41.0 Å². The van der Waals surface area contributed by atoms with Gasteiger partial charge in [-0.3, -0.25) is 4.79 Å². The molecule has 0 heterocycles. The maximum absolute atomic E-state index is 13.2. The molecule has 212 valence electrons. The summed E-state index contributed by atoms with van der Waals surface area (Å²) >= 11 is 0. The quantitative estimate of drug-likeness (QED) is 0.196. The molecule has 0 aromatic heterocycles. The molecular weight excluding hydrogens is 495 g/mol. The first-order valence-electron chi connectivity index (χ1n) is 13.7. The van der Waals surface area contributed by atoms with Gasteiger partial charge in [-0.15, -0.1) is 0 Å². The van der Waals surface area contributed by atoms with Gasteiger partial charge in [-0.2, -0.15) is 0 Å². The van der Waals surface area contributed by atoms with Gasteiger partial charge in [-0.25, -0.2) is 0 Å². The third-order valence-electron chi connectivity index (χ3n) is 6.86. The number of benzene rings is 2. The van der Waals surface area contributed by atoms with Crippen molar-refractivity contribution in [1.82, 2.24) is 0 Å². The fourth-order valence-corrected chi connectivity index (χ4v) is 6.70. The molecule has 0 N–H and O–H groups in total. The number of carbonyl (C=O) groups is 2. The Morgan fingerprint density at radius 2 is 1.24 bits per heavy atom. The number of esters is 2. The van der Waals surface area contributed by atoms with Gasteiger partial charge in [0.1, 0.15) is 0 Å². The van der Waals surface area contributed by atoms with Crippen molar-refractivity contribution in [1.29, 1.82) is 0 Å². The van der Waals surface area contributed by atoms with Crippen LogP contribution in [-0.4, -0.2) is 44.1 Å². The molecule has 2 aromatic rings. The van der Waals surface area contributed by atoms with Crippen LogP contribution in [0.4, 0.5) is 0 Å². The Labute approximate surface area is 231 Å². The van der Waals surface area contributed by atoms with Crippen LogP contribution in [0.5, 0.6) is 0 Å². The van der Waals surface area contributed by atoms with Gasteiger partial charge in [0.25, 0.3) is 0 Å². The topological polar surface area (TPSA) is 61.8 Å². The van der Waals surface area contributed by atoms with E-state index in [2.05, 4.69) is 55.8 Å². The predicted octanol–water partition coefficient (Wildman–Crippen LogP) is 7.24. The molecule has 5 nitrogen and oxygen atoms in total. The van der Waals surface area contributed by atoms with Crippen molar-refractivity contribution in [3.63, 3.8) is 0 Å². The number of ether oxygens (including phenoxy) is 3. The van der Waals surface area contributed by atoms with E-state index in [0.717, 1.165) is 24.3 Å². The molecule has 1 atom stereocenters. The Hall–Kier alpha value is -2.23. The second-order valence-electron chi connectivity index (χ2n) is 13.2. The van der Waals surface area contributed by atoms with Crippen LogP contribution in [0.2, 0.25) is 0 Å². The second kappa shape index (κ2) is 13.2. The molecule has 6 heteroatoms. The summed E-state index contributed by atoms with van der Waals surface area (Å²) in [6.07, 6.45) is 3.02. The summed E-state index contributed by atoms with van der Waals surface area (Å²) in [6.45, 7) is 18.1. The molecular formula is C32H49O5P. The Morgan fingerprint density at radius 3 is 1.76 bits per heavy atom. The Bertz CT molecular complexity index is 1040. The van der Waals surface area contributed by atoms with Gasteiger partial charge in [0, 0.05) is 0 Å². The molecule has 1 unspecified atom stereocenters. The van der Waals surface area contributed by atoms with Crippen molar-refractivity contribution in [2.45, 2.75) is 79.4 Å². The van der Waals surface area contributed by atoms with E-state index >= 15 is 0 Å². The van der Waals surface area contributed by atoms with Crippen LogP contribution in [0.15, 0.2) is 54.6 Å². The molecule has 0 radical (unpaired) electrons. The summed E-state index contributed by atoms with van der Waals surface area (Å²) in [5.74, 6) is -0.799. The average molecular weight is 545 g/mol. The first-order chi connectivity index (χ1) is 17.6. The van der Waals surface area contributed by atoms with E-state index in [0.29, 0.717) is 0 Å². The molecule has 0 bridgehead atoms. The molecule has 0 aliphatic rings. The van der Waals surface area contributed by atoms with Gasteiger partial charge in [0.15, 0.2) is 0 Å². The molecule has 2 aromatic carbocycles. The first kappa shape index (κ1) is 32.0. The van der Waals surface area contributed by atoms with E-state index < -0.39 is 29.7 Å². The average Bonchev–Trinajstić information content (AvgIpc) is 2.85. The third-order valence-corrected chi connectivity index (χ3v) is 9.59. The first-order valence-corrected chi connectivity index (χ1v) is 17.1. The van der Waals surface area contributed by atoms with E-state index in [9.17, 15) is 9.59 Å². The summed E-state index contributed by atoms with van der Waals surface area (Å²) in [5, 5.41) is 0. The minimum absolute atomic E-state index is 0.0954. The summed E-state index contributed by atoms with van der Waals surface area (Å²) < 4.78 is 17.3. The number of carbonyl (C=O) groups excluding carboxylic acids is 2. The zero-order valence-corrected chi connectivity index (χ0v) is 26.0. The predicted molar refractivity (Wildman–Crippen MR) is 159 cm³/mol. The molecule has 0 aliphatic heterocycles. The Balaban J connectivity index is 2.02. The van der Waals surface area contributed by atoms with E-state index in [1.54, 1.807) is 27.7 Å². The molecule has 0 aliphatic carbocycles. The Morgan fingerprint density at radius 1 is 0.711 bits per heavy atom. The van der Waals surface area contributed by atoms with Crippen LogP contribution in [0.25, 0.3) is 0 Å². The summed E-state index contributed by atoms with van der Waals surface area (Å²) in [4.78, 5) is 25.6. The van der Waals surface area contributed by atoms with Crippen LogP contribution >= 0.6 is 7.26 Å². The molecule has 0 spiro atoms. The van der Waals surface area contributed by atoms with E-state index in [1.165, 1.54) is 11.1 Å². The normalized spacial score (nSPS) is 14.4. The van der Waals surface area contributed by atoms with Gasteiger partial charge in [0.2, 0.25) is 0 Å². The Kier molecular flexibility index (Phi) is 11.1. The van der Waals surface area contributed by atoms with Crippen molar-refractivity contribution in [3.8, 4) is 0 Å². The molecule has 0 amide bonds. The van der Waals surface area contributed by atoms with Crippen molar-refractivity contribution >= 4 is 19.2 Å². The van der Waals surface area contributed by atoms with Crippen molar-refractivity contribution < 1.29 is 23.8 Å². The minimum atomic E-state index is -1.46. The molecule has 0 saturated heterocycles. The zero-order chi connectivity index (χ0) is 28.6. The van der Waals surface area contributed by atoms with Crippen molar-refractivity contribution in [2.24, 2.45) is 10.8 Å². The fourth-order valence-electron chi connectivity index (χ4n) is 3.90.